The number of hydrogen-bond donors (Lipinski definition) is 0. The molecule has 1 aliphatic rings. The van der Waals surface area contributed by atoms with E-state index in [2.05, 4.69) is 181 Å². The Labute approximate surface area is 291 Å². The molecule has 7 aromatic carbocycles. The Morgan fingerprint density at radius 2 is 1.12 bits per heavy atom. The summed E-state index contributed by atoms with van der Waals surface area (Å²) in [6.45, 7) is 0. The number of rotatable bonds is 5. The first-order valence-corrected chi connectivity index (χ1v) is 17.4. The Morgan fingerprint density at radius 1 is 0.460 bits per heavy atom. The van der Waals surface area contributed by atoms with Crippen molar-refractivity contribution in [2.75, 3.05) is 0 Å². The number of nitrogens with zero attached hydrogens (tertiary/aromatic N) is 1. The highest BCUT2D eigenvalue weighted by Gasteiger charge is 2.24. The lowest BCUT2D eigenvalue weighted by atomic mass is 9.88. The molecule has 0 radical (unpaired) electrons. The van der Waals surface area contributed by atoms with Crippen LogP contribution in [0, 0.1) is 0 Å². The maximum atomic E-state index is 6.39. The first kappa shape index (κ1) is 28.6. The fourth-order valence-corrected chi connectivity index (χ4v) is 7.95. The second-order valence-corrected chi connectivity index (χ2v) is 13.2. The van der Waals surface area contributed by atoms with Gasteiger partial charge in [-0.1, -0.05) is 133 Å². The molecule has 0 aliphatic heterocycles. The van der Waals surface area contributed by atoms with E-state index in [0.29, 0.717) is 0 Å². The van der Waals surface area contributed by atoms with E-state index in [0.717, 1.165) is 29.9 Å². The van der Waals surface area contributed by atoms with Gasteiger partial charge in [0.1, 0.15) is 11.3 Å². The molecule has 0 saturated heterocycles. The minimum absolute atomic E-state index is 0.924. The van der Waals surface area contributed by atoms with Crippen LogP contribution >= 0.6 is 0 Å². The first-order valence-electron chi connectivity index (χ1n) is 17.4. The van der Waals surface area contributed by atoms with Crippen molar-refractivity contribution >= 4 is 38.3 Å². The number of hydrogen-bond acceptors (Lipinski definition) is 1. The van der Waals surface area contributed by atoms with Crippen molar-refractivity contribution in [1.82, 2.24) is 4.57 Å². The number of aromatic nitrogens is 1. The molecule has 50 heavy (non-hydrogen) atoms. The van der Waals surface area contributed by atoms with E-state index in [-0.39, 0.29) is 0 Å². The zero-order chi connectivity index (χ0) is 33.0. The van der Waals surface area contributed by atoms with Crippen LogP contribution in [0.1, 0.15) is 23.3 Å². The third kappa shape index (κ3) is 4.64. The summed E-state index contributed by atoms with van der Waals surface area (Å²) in [4.78, 5) is 0. The molecule has 2 nitrogen and oxygen atoms in total. The van der Waals surface area contributed by atoms with Crippen molar-refractivity contribution < 1.29 is 4.42 Å². The second-order valence-electron chi connectivity index (χ2n) is 13.2. The number of aryl methyl sites for hydroxylation is 1. The van der Waals surface area contributed by atoms with E-state index in [9.17, 15) is 0 Å². The minimum Gasteiger partial charge on any atom is -0.460 e. The van der Waals surface area contributed by atoms with Crippen molar-refractivity contribution in [3.63, 3.8) is 0 Å². The van der Waals surface area contributed by atoms with Crippen LogP contribution in [0.3, 0.4) is 0 Å². The topological polar surface area (TPSA) is 18.1 Å². The number of para-hydroxylation sites is 1. The molecule has 0 atom stereocenters. The van der Waals surface area contributed by atoms with Crippen molar-refractivity contribution in [1.29, 1.82) is 0 Å². The molecule has 236 valence electrons. The Bertz CT molecular complexity index is 2730. The lowest BCUT2D eigenvalue weighted by Gasteiger charge is -2.15. The first-order chi connectivity index (χ1) is 24.8. The van der Waals surface area contributed by atoms with Crippen LogP contribution in [0.15, 0.2) is 180 Å². The monoisotopic (exact) mass is 639 g/mol. The molecule has 2 aromatic heterocycles. The van der Waals surface area contributed by atoms with Gasteiger partial charge in [-0.3, -0.25) is 0 Å². The van der Waals surface area contributed by atoms with E-state index in [1.54, 1.807) is 0 Å². The quantitative estimate of drug-likeness (QED) is 0.183. The molecule has 9 aromatic rings. The predicted molar refractivity (Wildman–Crippen MR) is 209 cm³/mol. The van der Waals surface area contributed by atoms with Crippen molar-refractivity contribution in [2.24, 2.45) is 0 Å². The highest BCUT2D eigenvalue weighted by Crippen LogP contribution is 2.44. The van der Waals surface area contributed by atoms with Crippen molar-refractivity contribution in [3.05, 3.63) is 193 Å². The minimum atomic E-state index is 0.924. The number of benzene rings is 7. The molecule has 0 fully saturated rings. The average molecular weight is 640 g/mol. The van der Waals surface area contributed by atoms with Crippen LogP contribution in [-0.4, -0.2) is 4.57 Å². The van der Waals surface area contributed by atoms with Gasteiger partial charge in [0.2, 0.25) is 0 Å². The van der Waals surface area contributed by atoms with Gasteiger partial charge in [-0.05, 0) is 87.8 Å². The third-order valence-electron chi connectivity index (χ3n) is 10.2. The summed E-state index contributed by atoms with van der Waals surface area (Å²) in [7, 11) is 0. The largest absolute Gasteiger partial charge is 0.460 e. The van der Waals surface area contributed by atoms with Crippen LogP contribution in [0.4, 0.5) is 0 Å². The molecule has 2 heteroatoms. The molecule has 0 bridgehead atoms. The Kier molecular flexibility index (Phi) is 6.67. The maximum Gasteiger partial charge on any atom is 0.134 e. The van der Waals surface area contributed by atoms with E-state index in [4.69, 9.17) is 4.42 Å². The summed E-state index contributed by atoms with van der Waals surface area (Å²) in [6.07, 6.45) is 4.29. The SMILES string of the molecule is C1=C(c2ccc3c(c2)c2cc(-c4ccccc4)cc(-c4ccccc4)c2n3-c2cccc(-c3ccccc3)c2)c2c(oc3ccccc23)CC1. The molecular weight excluding hydrogens is 607 g/mol. The highest BCUT2D eigenvalue weighted by molar-refractivity contribution is 6.16. The van der Waals surface area contributed by atoms with Gasteiger partial charge in [-0.15, -0.1) is 0 Å². The van der Waals surface area contributed by atoms with Gasteiger partial charge < -0.3 is 8.98 Å². The average Bonchev–Trinajstić information content (AvgIpc) is 3.74. The molecule has 0 amide bonds. The zero-order valence-corrected chi connectivity index (χ0v) is 27.5. The summed E-state index contributed by atoms with van der Waals surface area (Å²) in [5.74, 6) is 1.08. The lowest BCUT2D eigenvalue weighted by Crippen LogP contribution is -1.99. The van der Waals surface area contributed by atoms with Crippen LogP contribution in [0.5, 0.6) is 0 Å². The summed E-state index contributed by atoms with van der Waals surface area (Å²) in [5, 5.41) is 3.66. The van der Waals surface area contributed by atoms with Gasteiger partial charge in [-0.2, -0.15) is 0 Å². The van der Waals surface area contributed by atoms with Crippen LogP contribution in [-0.2, 0) is 6.42 Å². The van der Waals surface area contributed by atoms with Gasteiger partial charge in [0.25, 0.3) is 0 Å². The molecule has 2 heterocycles. The van der Waals surface area contributed by atoms with E-state index >= 15 is 0 Å². The molecule has 1 aliphatic carbocycles. The number of furan rings is 1. The van der Waals surface area contributed by atoms with Gasteiger partial charge in [0.15, 0.2) is 0 Å². The standard InChI is InChI=1S/C48H33NO/c1-4-14-32(15-5-1)35-20-12-21-38(28-35)49-44-27-26-36(39-23-13-25-46-47(39)40-22-10-11-24-45(40)50-46)29-42(44)43-31-37(33-16-6-2-7-17-33)30-41(48(43)49)34-18-8-3-9-19-34/h1-12,14-24,26-31H,13,25H2. The van der Waals surface area contributed by atoms with E-state index in [1.807, 2.05) is 0 Å². The van der Waals surface area contributed by atoms with Crippen molar-refractivity contribution in [3.8, 4) is 39.1 Å². The predicted octanol–water partition coefficient (Wildman–Crippen LogP) is 12.9. The molecular formula is C48H33NO. The van der Waals surface area contributed by atoms with E-state index < -0.39 is 0 Å². The summed E-state index contributed by atoms with van der Waals surface area (Å²) < 4.78 is 8.87. The summed E-state index contributed by atoms with van der Waals surface area (Å²) >= 11 is 0. The molecule has 0 unspecified atom stereocenters. The molecule has 0 N–H and O–H groups in total. The highest BCUT2D eigenvalue weighted by atomic mass is 16.3. The van der Waals surface area contributed by atoms with Crippen LogP contribution < -0.4 is 0 Å². The van der Waals surface area contributed by atoms with Crippen LogP contribution in [0.25, 0.3) is 77.4 Å². The fourth-order valence-electron chi connectivity index (χ4n) is 7.95. The van der Waals surface area contributed by atoms with Gasteiger partial charge in [0.05, 0.1) is 11.0 Å². The van der Waals surface area contributed by atoms with Crippen molar-refractivity contribution in [2.45, 2.75) is 12.8 Å². The maximum absolute atomic E-state index is 6.39. The lowest BCUT2D eigenvalue weighted by molar-refractivity contribution is 0.545. The summed E-state index contributed by atoms with van der Waals surface area (Å²) in [5.41, 5.74) is 15.4. The van der Waals surface area contributed by atoms with Gasteiger partial charge in [-0.25, -0.2) is 0 Å². The second kappa shape index (κ2) is 11.6. The number of allylic oxidation sites excluding steroid dienone is 1. The van der Waals surface area contributed by atoms with Gasteiger partial charge in [0, 0.05) is 39.4 Å². The summed E-state index contributed by atoms with van der Waals surface area (Å²) in [6, 6.07) is 61.5. The smallest absolute Gasteiger partial charge is 0.134 e. The zero-order valence-electron chi connectivity index (χ0n) is 27.5. The Morgan fingerprint density at radius 3 is 1.90 bits per heavy atom. The molecule has 0 spiro atoms. The Balaban J connectivity index is 1.29. The van der Waals surface area contributed by atoms with Gasteiger partial charge >= 0.3 is 0 Å². The third-order valence-corrected chi connectivity index (χ3v) is 10.2. The number of fused-ring (bicyclic) bond motifs is 6. The van der Waals surface area contributed by atoms with Crippen LogP contribution in [0.2, 0.25) is 0 Å². The molecule has 0 saturated carbocycles. The molecule has 10 rings (SSSR count). The Hall–Kier alpha value is -6.38. The fraction of sp³-hybridized carbons (Fsp3) is 0.0417. The normalized spacial score (nSPS) is 12.8. The van der Waals surface area contributed by atoms with E-state index in [1.165, 1.54) is 77.3 Å².